The highest BCUT2D eigenvalue weighted by Crippen LogP contribution is 2.21. The Bertz CT molecular complexity index is 746. The third kappa shape index (κ3) is 3.56. The Kier molecular flexibility index (Phi) is 4.98. The van der Waals surface area contributed by atoms with Gasteiger partial charge >= 0.3 is 0 Å². The molecule has 0 N–H and O–H groups in total. The van der Waals surface area contributed by atoms with Crippen molar-refractivity contribution in [2.24, 2.45) is 0 Å². The Morgan fingerprint density at radius 2 is 1.83 bits per heavy atom. The summed E-state index contributed by atoms with van der Waals surface area (Å²) in [5.74, 6) is 0. The molecule has 3 rings (SSSR count). The first-order valence-electron chi connectivity index (χ1n) is 8.25. The van der Waals surface area contributed by atoms with E-state index in [-0.39, 0.29) is 0 Å². The molecule has 0 fully saturated rings. The van der Waals surface area contributed by atoms with Crippen LogP contribution in [0, 0.1) is 0 Å². The van der Waals surface area contributed by atoms with Crippen molar-refractivity contribution in [1.29, 1.82) is 0 Å². The van der Waals surface area contributed by atoms with Crippen molar-refractivity contribution in [3.05, 3.63) is 43.1 Å². The van der Waals surface area contributed by atoms with Crippen LogP contribution in [0.5, 0.6) is 0 Å². The minimum atomic E-state index is 0.811. The molecule has 3 aromatic heterocycles. The molecule has 120 valence electrons. The van der Waals surface area contributed by atoms with Gasteiger partial charge in [0, 0.05) is 30.7 Å². The predicted molar refractivity (Wildman–Crippen MR) is 93.2 cm³/mol. The molecular formula is C18H23N5. The summed E-state index contributed by atoms with van der Waals surface area (Å²) in [4.78, 5) is 15.4. The van der Waals surface area contributed by atoms with E-state index in [9.17, 15) is 0 Å². The number of hydrogen-bond donors (Lipinski definition) is 0. The second kappa shape index (κ2) is 7.33. The van der Waals surface area contributed by atoms with Crippen molar-refractivity contribution in [1.82, 2.24) is 24.4 Å². The van der Waals surface area contributed by atoms with Gasteiger partial charge in [0.15, 0.2) is 5.65 Å². The normalized spacial score (nSPS) is 11.4. The van der Waals surface area contributed by atoms with Gasteiger partial charge in [-0.1, -0.05) is 13.8 Å². The zero-order chi connectivity index (χ0) is 16.1. The summed E-state index contributed by atoms with van der Waals surface area (Å²) >= 11 is 0. The SMILES string of the molecule is CCN(CC)CCCn1cnc2ncc(-c3ccncc3)cc21. The molecule has 5 nitrogen and oxygen atoms in total. The fourth-order valence-electron chi connectivity index (χ4n) is 2.83. The zero-order valence-corrected chi connectivity index (χ0v) is 13.8. The van der Waals surface area contributed by atoms with Gasteiger partial charge in [-0.15, -0.1) is 0 Å². The molecule has 0 unspecified atom stereocenters. The minimum absolute atomic E-state index is 0.811. The third-order valence-electron chi connectivity index (χ3n) is 4.26. The number of rotatable bonds is 7. The average molecular weight is 309 g/mol. The molecule has 3 aromatic rings. The Morgan fingerprint density at radius 3 is 2.57 bits per heavy atom. The highest BCUT2D eigenvalue weighted by atomic mass is 15.1. The maximum Gasteiger partial charge on any atom is 0.177 e. The number of aromatic nitrogens is 4. The quantitative estimate of drug-likeness (QED) is 0.672. The summed E-state index contributed by atoms with van der Waals surface area (Å²) in [5.41, 5.74) is 4.14. The summed E-state index contributed by atoms with van der Waals surface area (Å²) in [5, 5.41) is 0. The van der Waals surface area contributed by atoms with E-state index in [1.807, 2.05) is 24.7 Å². The van der Waals surface area contributed by atoms with Crippen LogP contribution in [0.1, 0.15) is 20.3 Å². The molecule has 0 aliphatic heterocycles. The van der Waals surface area contributed by atoms with E-state index in [4.69, 9.17) is 0 Å². The molecule has 0 saturated carbocycles. The Morgan fingerprint density at radius 1 is 1.04 bits per heavy atom. The van der Waals surface area contributed by atoms with Crippen LogP contribution < -0.4 is 0 Å². The third-order valence-corrected chi connectivity index (χ3v) is 4.26. The van der Waals surface area contributed by atoms with E-state index in [1.165, 1.54) is 0 Å². The molecular weight excluding hydrogens is 286 g/mol. The number of hydrogen-bond acceptors (Lipinski definition) is 4. The summed E-state index contributed by atoms with van der Waals surface area (Å²) in [6, 6.07) is 6.18. The van der Waals surface area contributed by atoms with E-state index in [1.54, 1.807) is 12.4 Å². The van der Waals surface area contributed by atoms with E-state index < -0.39 is 0 Å². The van der Waals surface area contributed by atoms with Crippen LogP contribution in [-0.4, -0.2) is 44.1 Å². The van der Waals surface area contributed by atoms with Gasteiger partial charge in [0.2, 0.25) is 0 Å². The van der Waals surface area contributed by atoms with E-state index >= 15 is 0 Å². The fourth-order valence-corrected chi connectivity index (χ4v) is 2.83. The lowest BCUT2D eigenvalue weighted by Gasteiger charge is -2.17. The van der Waals surface area contributed by atoms with Gasteiger partial charge in [-0.3, -0.25) is 4.98 Å². The van der Waals surface area contributed by atoms with Crippen LogP contribution in [0.2, 0.25) is 0 Å². The largest absolute Gasteiger partial charge is 0.329 e. The molecule has 3 heterocycles. The van der Waals surface area contributed by atoms with Crippen LogP contribution in [0.4, 0.5) is 0 Å². The number of imidazole rings is 1. The van der Waals surface area contributed by atoms with E-state index in [0.717, 1.165) is 54.9 Å². The second-order valence-electron chi connectivity index (χ2n) is 5.62. The van der Waals surface area contributed by atoms with Crippen LogP contribution in [-0.2, 0) is 6.54 Å². The van der Waals surface area contributed by atoms with Gasteiger partial charge in [-0.2, -0.15) is 0 Å². The number of aryl methyl sites for hydroxylation is 1. The highest BCUT2D eigenvalue weighted by Gasteiger charge is 2.07. The first kappa shape index (κ1) is 15.6. The van der Waals surface area contributed by atoms with Crippen LogP contribution in [0.25, 0.3) is 22.3 Å². The molecule has 0 bridgehead atoms. The molecule has 0 amide bonds. The maximum atomic E-state index is 4.49. The molecule has 0 aromatic carbocycles. The second-order valence-corrected chi connectivity index (χ2v) is 5.62. The van der Waals surface area contributed by atoms with Crippen molar-refractivity contribution < 1.29 is 0 Å². The van der Waals surface area contributed by atoms with E-state index in [2.05, 4.69) is 44.3 Å². The lowest BCUT2D eigenvalue weighted by molar-refractivity contribution is 0.294. The van der Waals surface area contributed by atoms with Crippen LogP contribution >= 0.6 is 0 Å². The first-order valence-corrected chi connectivity index (χ1v) is 8.25. The van der Waals surface area contributed by atoms with Crippen molar-refractivity contribution in [3.63, 3.8) is 0 Å². The summed E-state index contributed by atoms with van der Waals surface area (Å²) in [7, 11) is 0. The van der Waals surface area contributed by atoms with Gasteiger partial charge in [-0.25, -0.2) is 9.97 Å². The molecule has 0 spiro atoms. The monoisotopic (exact) mass is 309 g/mol. The Balaban J connectivity index is 1.79. The topological polar surface area (TPSA) is 46.8 Å². The van der Waals surface area contributed by atoms with Crippen LogP contribution in [0.15, 0.2) is 43.1 Å². The summed E-state index contributed by atoms with van der Waals surface area (Å²) < 4.78 is 2.20. The molecule has 0 aliphatic rings. The Labute approximate surface area is 137 Å². The van der Waals surface area contributed by atoms with Crippen LogP contribution in [0.3, 0.4) is 0 Å². The van der Waals surface area contributed by atoms with Gasteiger partial charge < -0.3 is 9.47 Å². The van der Waals surface area contributed by atoms with Crippen molar-refractivity contribution in [2.45, 2.75) is 26.8 Å². The van der Waals surface area contributed by atoms with E-state index in [0.29, 0.717) is 0 Å². The minimum Gasteiger partial charge on any atom is -0.329 e. The predicted octanol–water partition coefficient (Wildman–Crippen LogP) is 3.23. The van der Waals surface area contributed by atoms with Gasteiger partial charge in [0.1, 0.15) is 0 Å². The average Bonchev–Trinajstić information content (AvgIpc) is 3.02. The molecule has 0 aliphatic carbocycles. The fraction of sp³-hybridized carbons (Fsp3) is 0.389. The van der Waals surface area contributed by atoms with Gasteiger partial charge in [0.25, 0.3) is 0 Å². The summed E-state index contributed by atoms with van der Waals surface area (Å²) in [6.07, 6.45) is 8.51. The zero-order valence-electron chi connectivity index (χ0n) is 13.8. The molecule has 0 radical (unpaired) electrons. The van der Waals surface area contributed by atoms with Crippen molar-refractivity contribution >= 4 is 11.2 Å². The highest BCUT2D eigenvalue weighted by molar-refractivity contribution is 5.78. The smallest absolute Gasteiger partial charge is 0.177 e. The van der Waals surface area contributed by atoms with Gasteiger partial charge in [0.05, 0.1) is 11.8 Å². The maximum absolute atomic E-state index is 4.49. The lowest BCUT2D eigenvalue weighted by Crippen LogP contribution is -2.24. The number of pyridine rings is 2. The standard InChI is InChI=1S/C18H23N5/c1-3-22(4-2)10-5-11-23-14-21-18-17(23)12-16(13-20-18)15-6-8-19-9-7-15/h6-9,12-14H,3-5,10-11H2,1-2H3. The van der Waals surface area contributed by atoms with Gasteiger partial charge in [-0.05, 0) is 49.8 Å². The molecule has 23 heavy (non-hydrogen) atoms. The van der Waals surface area contributed by atoms with Crippen molar-refractivity contribution in [3.8, 4) is 11.1 Å². The number of fused-ring (bicyclic) bond motifs is 1. The van der Waals surface area contributed by atoms with Crippen molar-refractivity contribution in [2.75, 3.05) is 19.6 Å². The molecule has 0 saturated heterocycles. The molecule has 5 heteroatoms. The molecule has 0 atom stereocenters. The number of nitrogens with zero attached hydrogens (tertiary/aromatic N) is 5. The summed E-state index contributed by atoms with van der Waals surface area (Å²) in [6.45, 7) is 8.71. The first-order chi connectivity index (χ1) is 11.3. The lowest BCUT2D eigenvalue weighted by atomic mass is 10.1. The Hall–Kier alpha value is -2.27.